The second kappa shape index (κ2) is 10.9. The number of nitrogens with zero attached hydrogens (tertiary/aromatic N) is 3. The van der Waals surface area contributed by atoms with Crippen molar-refractivity contribution in [3.63, 3.8) is 0 Å². The molecule has 0 bridgehead atoms. The highest BCUT2D eigenvalue weighted by molar-refractivity contribution is 6.31. The van der Waals surface area contributed by atoms with Gasteiger partial charge in [0.25, 0.3) is 5.56 Å². The molecular weight excluding hydrogens is 476 g/mol. The molecule has 1 N–H and O–H groups in total. The molecule has 0 radical (unpaired) electrons. The zero-order chi connectivity index (χ0) is 26.7. The largest absolute Gasteiger partial charge is 0.444 e. The highest BCUT2D eigenvalue weighted by Gasteiger charge is 2.29. The smallest absolute Gasteiger partial charge is 0.408 e. The number of hydrogen-bond acceptors (Lipinski definition) is 5. The molecule has 7 nitrogen and oxygen atoms in total. The summed E-state index contributed by atoms with van der Waals surface area (Å²) >= 11 is 6.25. The van der Waals surface area contributed by atoms with E-state index < -0.39 is 17.2 Å². The number of anilines is 1. The van der Waals surface area contributed by atoms with Gasteiger partial charge >= 0.3 is 6.09 Å². The van der Waals surface area contributed by atoms with Crippen LogP contribution in [0.15, 0.2) is 53.3 Å². The molecule has 2 aromatic carbocycles. The van der Waals surface area contributed by atoms with Crippen LogP contribution in [0, 0.1) is 5.92 Å². The third-order valence-corrected chi connectivity index (χ3v) is 5.61. The normalized spacial score (nSPS) is 12.1. The molecule has 0 fully saturated rings. The fourth-order valence-electron chi connectivity index (χ4n) is 4.09. The average molecular weight is 513 g/mol. The summed E-state index contributed by atoms with van der Waals surface area (Å²) in [6.07, 6.45) is -0.489. The highest BCUT2D eigenvalue weighted by atomic mass is 35.5. The van der Waals surface area contributed by atoms with Gasteiger partial charge in [0.15, 0.2) is 0 Å². The first kappa shape index (κ1) is 27.5. The minimum Gasteiger partial charge on any atom is -0.444 e. The van der Waals surface area contributed by atoms with Gasteiger partial charge in [-0.1, -0.05) is 55.8 Å². The Morgan fingerprint density at radius 2 is 1.78 bits per heavy atom. The minimum absolute atomic E-state index is 0.137. The van der Waals surface area contributed by atoms with Gasteiger partial charge in [-0.2, -0.15) is 0 Å². The third kappa shape index (κ3) is 7.47. The van der Waals surface area contributed by atoms with Crippen molar-refractivity contribution in [1.82, 2.24) is 14.9 Å². The summed E-state index contributed by atoms with van der Waals surface area (Å²) in [5, 5.41) is 4.00. The monoisotopic (exact) mass is 512 g/mol. The molecular formula is C28H37ClN4O3. The predicted molar refractivity (Wildman–Crippen MR) is 147 cm³/mol. The number of ether oxygens (including phenoxy) is 1. The number of carbonyl (C=O) groups is 1. The molecule has 0 aliphatic heterocycles. The first-order valence-electron chi connectivity index (χ1n) is 12.2. The number of rotatable bonds is 8. The van der Waals surface area contributed by atoms with Gasteiger partial charge in [0.05, 0.1) is 23.0 Å². The maximum atomic E-state index is 13.7. The summed E-state index contributed by atoms with van der Waals surface area (Å²) in [5.74, 6) is 0.811. The molecule has 3 rings (SSSR count). The van der Waals surface area contributed by atoms with Crippen molar-refractivity contribution in [2.45, 2.75) is 66.2 Å². The van der Waals surface area contributed by atoms with E-state index in [0.717, 1.165) is 5.56 Å². The van der Waals surface area contributed by atoms with Crippen molar-refractivity contribution < 1.29 is 9.53 Å². The van der Waals surface area contributed by atoms with E-state index in [-0.39, 0.29) is 11.5 Å². The maximum absolute atomic E-state index is 13.7. The lowest BCUT2D eigenvalue weighted by Gasteiger charge is -2.36. The van der Waals surface area contributed by atoms with E-state index in [9.17, 15) is 9.59 Å². The van der Waals surface area contributed by atoms with Gasteiger partial charge < -0.3 is 15.0 Å². The Morgan fingerprint density at radius 1 is 1.11 bits per heavy atom. The Balaban J connectivity index is 2.09. The minimum atomic E-state index is -0.671. The third-order valence-electron chi connectivity index (χ3n) is 5.37. The van der Waals surface area contributed by atoms with Crippen molar-refractivity contribution in [2.24, 2.45) is 5.92 Å². The number of alkyl carbamates (subject to hydrolysis) is 1. The molecule has 1 amide bonds. The van der Waals surface area contributed by atoms with E-state index in [2.05, 4.69) is 24.1 Å². The van der Waals surface area contributed by atoms with Gasteiger partial charge in [0, 0.05) is 18.1 Å². The van der Waals surface area contributed by atoms with Gasteiger partial charge in [-0.15, -0.1) is 0 Å². The second-order valence-corrected chi connectivity index (χ2v) is 11.7. The summed E-state index contributed by atoms with van der Waals surface area (Å²) < 4.78 is 7.19. The number of aromatic nitrogens is 2. The van der Waals surface area contributed by atoms with Crippen LogP contribution in [0.25, 0.3) is 10.9 Å². The van der Waals surface area contributed by atoms with Crippen LogP contribution in [0.1, 0.15) is 54.0 Å². The van der Waals surface area contributed by atoms with Crippen LogP contribution < -0.4 is 15.8 Å². The van der Waals surface area contributed by atoms with E-state index in [1.807, 2.05) is 65.0 Å². The Labute approximate surface area is 218 Å². The van der Waals surface area contributed by atoms with Crippen molar-refractivity contribution in [3.8, 4) is 0 Å². The molecule has 194 valence electrons. The van der Waals surface area contributed by atoms with Crippen LogP contribution in [-0.4, -0.2) is 39.9 Å². The molecule has 0 atom stereocenters. The summed E-state index contributed by atoms with van der Waals surface area (Å²) in [6.45, 7) is 15.0. The fourth-order valence-corrected chi connectivity index (χ4v) is 4.25. The number of carbonyl (C=O) groups excluding carboxylic acids is 1. The van der Waals surface area contributed by atoms with Gasteiger partial charge in [-0.3, -0.25) is 9.36 Å². The second-order valence-electron chi connectivity index (χ2n) is 11.2. The molecule has 3 aromatic rings. The molecule has 8 heteroatoms. The number of halogens is 1. The van der Waals surface area contributed by atoms with E-state index >= 15 is 0 Å². The Bertz CT molecular complexity index is 1260. The summed E-state index contributed by atoms with van der Waals surface area (Å²) in [4.78, 5) is 33.3. The molecule has 0 aliphatic rings. The molecule has 0 spiro atoms. The molecule has 1 aromatic heterocycles. The lowest BCUT2D eigenvalue weighted by atomic mass is 10.0. The van der Waals surface area contributed by atoms with Crippen molar-refractivity contribution in [3.05, 3.63) is 69.5 Å². The van der Waals surface area contributed by atoms with E-state index in [4.69, 9.17) is 21.3 Å². The van der Waals surface area contributed by atoms with Gasteiger partial charge in [-0.05, 0) is 64.3 Å². The first-order chi connectivity index (χ1) is 16.7. The predicted octanol–water partition coefficient (Wildman–Crippen LogP) is 5.86. The first-order valence-corrected chi connectivity index (χ1v) is 12.6. The molecule has 0 unspecified atom stereocenters. The highest BCUT2D eigenvalue weighted by Crippen LogP contribution is 2.23. The van der Waals surface area contributed by atoms with Crippen LogP contribution in [-0.2, 0) is 11.3 Å². The fraction of sp³-hybridized carbons (Fsp3) is 0.464. The molecule has 0 saturated carbocycles. The Morgan fingerprint density at radius 3 is 2.39 bits per heavy atom. The van der Waals surface area contributed by atoms with Crippen LogP contribution in [0.2, 0.25) is 5.02 Å². The summed E-state index contributed by atoms with van der Waals surface area (Å²) in [6, 6.07) is 15.0. The number of benzene rings is 2. The zero-order valence-corrected chi connectivity index (χ0v) is 23.0. The summed E-state index contributed by atoms with van der Waals surface area (Å²) in [5.41, 5.74) is 0.121. The zero-order valence-electron chi connectivity index (χ0n) is 22.3. The van der Waals surface area contributed by atoms with Crippen LogP contribution in [0.3, 0.4) is 0 Å². The van der Waals surface area contributed by atoms with Gasteiger partial charge in [0.1, 0.15) is 5.60 Å². The SMILES string of the molecule is CC(C)CN(CC(C)(C)NC(=O)OC(C)(C)C)c1nc2cc(Cl)ccc2c(=O)n1Cc1ccccc1. The quantitative estimate of drug-likeness (QED) is 0.409. The standard InChI is InChI=1S/C28H37ClN4O3/c1-19(2)16-32(18-28(6,7)31-26(35)36-27(3,4)5)25-30-23-15-21(29)13-14-22(23)24(34)33(25)17-20-11-9-8-10-12-20/h8-15,19H,16-18H2,1-7H3,(H,31,35). The number of fused-ring (bicyclic) bond motifs is 1. The van der Waals surface area contributed by atoms with E-state index in [1.54, 1.807) is 22.8 Å². The number of amides is 1. The molecule has 1 heterocycles. The lowest BCUT2D eigenvalue weighted by Crippen LogP contribution is -2.54. The van der Waals surface area contributed by atoms with Crippen molar-refractivity contribution >= 4 is 34.5 Å². The van der Waals surface area contributed by atoms with Crippen molar-refractivity contribution in [2.75, 3.05) is 18.0 Å². The van der Waals surface area contributed by atoms with Gasteiger partial charge in [-0.25, -0.2) is 9.78 Å². The molecule has 0 saturated heterocycles. The number of hydrogen-bond donors (Lipinski definition) is 1. The van der Waals surface area contributed by atoms with Crippen LogP contribution in [0.5, 0.6) is 0 Å². The van der Waals surface area contributed by atoms with E-state index in [1.165, 1.54) is 0 Å². The van der Waals surface area contributed by atoms with Crippen molar-refractivity contribution in [1.29, 1.82) is 0 Å². The Hall–Kier alpha value is -3.06. The average Bonchev–Trinajstić information content (AvgIpc) is 2.73. The Kier molecular flexibility index (Phi) is 8.34. The van der Waals surface area contributed by atoms with E-state index in [0.29, 0.717) is 41.5 Å². The topological polar surface area (TPSA) is 76.5 Å². The molecule has 0 aliphatic carbocycles. The van der Waals surface area contributed by atoms with Crippen LogP contribution in [0.4, 0.5) is 10.7 Å². The van der Waals surface area contributed by atoms with Gasteiger partial charge in [0.2, 0.25) is 5.95 Å². The lowest BCUT2D eigenvalue weighted by molar-refractivity contribution is 0.0475. The number of nitrogens with one attached hydrogen (secondary N) is 1. The summed E-state index contributed by atoms with van der Waals surface area (Å²) in [7, 11) is 0. The maximum Gasteiger partial charge on any atom is 0.408 e. The van der Waals surface area contributed by atoms with Crippen LogP contribution >= 0.6 is 11.6 Å². The molecule has 36 heavy (non-hydrogen) atoms.